The van der Waals surface area contributed by atoms with Crippen LogP contribution < -0.4 is 5.73 Å². The third-order valence-electron chi connectivity index (χ3n) is 9.14. The fourth-order valence-electron chi connectivity index (χ4n) is 6.73. The minimum atomic E-state index is -5.15. The number of nitrogens with zero attached hydrogens (tertiary/aromatic N) is 3. The number of carbonyl (C=O) groups is 3. The predicted octanol–water partition coefficient (Wildman–Crippen LogP) is 7.39. The molecule has 3 atom stereocenters. The van der Waals surface area contributed by atoms with Crippen molar-refractivity contribution < 1.29 is 58.6 Å². The molecule has 286 valence electrons. The fraction of sp³-hybridized carbons (Fsp3) is 0.417. The summed E-state index contributed by atoms with van der Waals surface area (Å²) in [5.41, 5.74) is 1.68. The maximum Gasteiger partial charge on any atom is 0.416 e. The van der Waals surface area contributed by atoms with Gasteiger partial charge in [-0.05, 0) is 79.3 Å². The number of halogens is 9. The Balaban J connectivity index is 1.52. The van der Waals surface area contributed by atoms with Gasteiger partial charge in [-0.1, -0.05) is 42.5 Å². The number of unbranched alkanes of at least 4 members (excludes halogenated alkanes) is 1. The van der Waals surface area contributed by atoms with Crippen LogP contribution in [-0.2, 0) is 52.4 Å². The Bertz CT molecular complexity index is 1750. The Kier molecular flexibility index (Phi) is 11.6. The average Bonchev–Trinajstić information content (AvgIpc) is 3.08. The van der Waals surface area contributed by atoms with E-state index < -0.39 is 83.5 Å². The Morgan fingerprint density at radius 3 is 1.96 bits per heavy atom. The summed E-state index contributed by atoms with van der Waals surface area (Å²) in [6.07, 6.45) is -16.7. The van der Waals surface area contributed by atoms with Crippen molar-refractivity contribution in [1.29, 1.82) is 0 Å². The quantitative estimate of drug-likeness (QED) is 0.172. The molecule has 0 aliphatic carbocycles. The van der Waals surface area contributed by atoms with E-state index >= 15 is 0 Å². The number of rotatable bonds is 10. The molecule has 8 nitrogen and oxygen atoms in total. The first-order valence-electron chi connectivity index (χ1n) is 16.6. The van der Waals surface area contributed by atoms with Gasteiger partial charge >= 0.3 is 24.6 Å². The zero-order chi connectivity index (χ0) is 38.7. The highest BCUT2D eigenvalue weighted by Gasteiger charge is 2.52. The molecule has 53 heavy (non-hydrogen) atoms. The molecule has 0 radical (unpaired) electrons. The van der Waals surface area contributed by atoms with Crippen LogP contribution in [-0.4, -0.2) is 63.9 Å². The van der Waals surface area contributed by atoms with E-state index in [0.717, 1.165) is 17.0 Å². The maximum absolute atomic E-state index is 14.0. The number of ether oxygens (including phenoxy) is 1. The van der Waals surface area contributed by atoms with Crippen LogP contribution in [0.4, 0.5) is 44.3 Å². The number of benzene rings is 3. The third kappa shape index (κ3) is 9.42. The first-order valence-corrected chi connectivity index (χ1v) is 16.6. The Morgan fingerprint density at radius 1 is 0.755 bits per heavy atom. The molecule has 2 fully saturated rings. The highest BCUT2D eigenvalue weighted by Crippen LogP contribution is 2.38. The lowest BCUT2D eigenvalue weighted by atomic mass is 9.93. The average molecular weight is 759 g/mol. The molecule has 3 aromatic rings. The van der Waals surface area contributed by atoms with Crippen molar-refractivity contribution in [2.24, 2.45) is 5.73 Å². The van der Waals surface area contributed by atoms with E-state index in [4.69, 9.17) is 10.5 Å². The number of hydrogen-bond acceptors (Lipinski definition) is 5. The van der Waals surface area contributed by atoms with Gasteiger partial charge in [-0.2, -0.15) is 39.5 Å². The molecule has 0 aromatic heterocycles. The Hall–Kier alpha value is -4.80. The standard InChI is InChI=1S/C36H35F9N4O4/c37-34(38,39)25-10-6-9-23(13-25)19-47-20-30-48(33(52)53-21-24-14-26(35(40,41)42)17-27(15-24)36(43,44)45)28(16-22-7-2-1-3-8-22)18-31(50)49(30)29(32(47)51)11-4-5-12-46/h1-3,6-10,13-15,17,28-30H,4-5,11-12,16,18-21,46H2/t28?,29-,30?/m0/s1. The highest BCUT2D eigenvalue weighted by atomic mass is 19.4. The van der Waals surface area contributed by atoms with E-state index in [-0.39, 0.29) is 50.5 Å². The number of fused-ring (bicyclic) bond motifs is 1. The molecule has 5 rings (SSSR count). The molecule has 0 saturated carbocycles. The molecule has 3 aromatic carbocycles. The molecule has 2 N–H and O–H groups in total. The van der Waals surface area contributed by atoms with E-state index in [1.165, 1.54) is 21.9 Å². The van der Waals surface area contributed by atoms with E-state index in [0.29, 0.717) is 30.5 Å². The number of amides is 3. The summed E-state index contributed by atoms with van der Waals surface area (Å²) >= 11 is 0. The van der Waals surface area contributed by atoms with Crippen LogP contribution in [0.2, 0.25) is 0 Å². The van der Waals surface area contributed by atoms with E-state index in [2.05, 4.69) is 0 Å². The van der Waals surface area contributed by atoms with E-state index in [1.54, 1.807) is 30.3 Å². The van der Waals surface area contributed by atoms with Gasteiger partial charge in [-0.25, -0.2) is 4.79 Å². The molecule has 2 aliphatic heterocycles. The van der Waals surface area contributed by atoms with Crippen molar-refractivity contribution in [3.05, 3.63) is 106 Å². The van der Waals surface area contributed by atoms with Gasteiger partial charge in [0.1, 0.15) is 18.8 Å². The molecule has 0 bridgehead atoms. The summed E-state index contributed by atoms with van der Waals surface area (Å²) in [6, 6.07) is 11.6. The molecule has 2 saturated heterocycles. The van der Waals surface area contributed by atoms with Crippen molar-refractivity contribution in [2.75, 3.05) is 13.1 Å². The number of nitrogens with two attached hydrogens (primary N) is 1. The van der Waals surface area contributed by atoms with Crippen molar-refractivity contribution in [3.8, 4) is 0 Å². The number of piperazine rings is 1. The minimum Gasteiger partial charge on any atom is -0.444 e. The summed E-state index contributed by atoms with van der Waals surface area (Å²) in [5, 5.41) is 0. The van der Waals surface area contributed by atoms with Gasteiger partial charge in [-0.15, -0.1) is 0 Å². The summed E-state index contributed by atoms with van der Waals surface area (Å²) in [4.78, 5) is 45.4. The predicted molar refractivity (Wildman–Crippen MR) is 171 cm³/mol. The third-order valence-corrected chi connectivity index (χ3v) is 9.14. The molecular weight excluding hydrogens is 723 g/mol. The van der Waals surface area contributed by atoms with E-state index in [9.17, 15) is 53.9 Å². The normalized spacial score (nSPS) is 19.7. The second kappa shape index (κ2) is 15.7. The maximum atomic E-state index is 14.0. The van der Waals surface area contributed by atoms with Crippen LogP contribution in [0.15, 0.2) is 72.8 Å². The summed E-state index contributed by atoms with van der Waals surface area (Å²) in [7, 11) is 0. The molecular formula is C36H35F9N4O4. The zero-order valence-corrected chi connectivity index (χ0v) is 28.0. The molecule has 2 aliphatic rings. The smallest absolute Gasteiger partial charge is 0.416 e. The lowest BCUT2D eigenvalue weighted by Crippen LogP contribution is -2.73. The van der Waals surface area contributed by atoms with Gasteiger partial charge in [-0.3, -0.25) is 14.5 Å². The SMILES string of the molecule is NCCCC[C@H]1C(=O)N(Cc2cccc(C(F)(F)F)c2)CC2N(C(=O)OCc3cc(C(F)(F)F)cc(C(F)(F)F)c3)C(Cc3ccccc3)CC(=O)N21. The Labute approximate surface area is 298 Å². The van der Waals surface area contributed by atoms with Gasteiger partial charge in [0.2, 0.25) is 11.8 Å². The van der Waals surface area contributed by atoms with Crippen molar-refractivity contribution in [3.63, 3.8) is 0 Å². The number of alkyl halides is 9. The van der Waals surface area contributed by atoms with Gasteiger partial charge < -0.3 is 20.3 Å². The Morgan fingerprint density at radius 2 is 1.36 bits per heavy atom. The van der Waals surface area contributed by atoms with Crippen LogP contribution in [0.3, 0.4) is 0 Å². The minimum absolute atomic E-state index is 0.0574. The highest BCUT2D eigenvalue weighted by molar-refractivity contribution is 5.91. The molecule has 0 spiro atoms. The summed E-state index contributed by atoms with van der Waals surface area (Å²) in [6.45, 7) is -1.45. The first-order chi connectivity index (χ1) is 24.9. The van der Waals surface area contributed by atoms with Crippen LogP contribution in [0.5, 0.6) is 0 Å². The van der Waals surface area contributed by atoms with Crippen molar-refractivity contribution in [1.82, 2.24) is 14.7 Å². The van der Waals surface area contributed by atoms with Crippen LogP contribution in [0, 0.1) is 0 Å². The van der Waals surface area contributed by atoms with Gasteiger partial charge in [0, 0.05) is 19.0 Å². The topological polar surface area (TPSA) is 96.2 Å². The summed E-state index contributed by atoms with van der Waals surface area (Å²) in [5.74, 6) is -1.08. The second-order valence-corrected chi connectivity index (χ2v) is 12.9. The monoisotopic (exact) mass is 758 g/mol. The van der Waals surface area contributed by atoms with Crippen LogP contribution in [0.1, 0.15) is 59.1 Å². The second-order valence-electron chi connectivity index (χ2n) is 12.9. The van der Waals surface area contributed by atoms with Crippen LogP contribution in [0.25, 0.3) is 0 Å². The lowest BCUT2D eigenvalue weighted by molar-refractivity contribution is -0.173. The first kappa shape index (κ1) is 39.4. The van der Waals surface area contributed by atoms with Crippen LogP contribution >= 0.6 is 0 Å². The largest absolute Gasteiger partial charge is 0.444 e. The molecule has 17 heteroatoms. The number of hydrogen-bond donors (Lipinski definition) is 1. The van der Waals surface area contributed by atoms with Crippen molar-refractivity contribution >= 4 is 17.9 Å². The van der Waals surface area contributed by atoms with E-state index in [1.807, 2.05) is 0 Å². The summed E-state index contributed by atoms with van der Waals surface area (Å²) < 4.78 is 127. The molecule has 2 heterocycles. The fourth-order valence-corrected chi connectivity index (χ4v) is 6.73. The number of carbonyl (C=O) groups excluding carboxylic acids is 3. The van der Waals surface area contributed by atoms with Gasteiger partial charge in [0.25, 0.3) is 0 Å². The van der Waals surface area contributed by atoms with Gasteiger partial charge in [0.15, 0.2) is 0 Å². The lowest BCUT2D eigenvalue weighted by Gasteiger charge is -2.54. The van der Waals surface area contributed by atoms with Crippen molar-refractivity contribution in [2.45, 2.75) is 82.0 Å². The van der Waals surface area contributed by atoms with Gasteiger partial charge in [0.05, 0.1) is 23.2 Å². The zero-order valence-electron chi connectivity index (χ0n) is 28.0. The molecule has 2 unspecified atom stereocenters. The molecule has 3 amide bonds.